The molecule has 0 aromatic heterocycles. The molecule has 0 aromatic carbocycles. The van der Waals surface area contributed by atoms with Crippen LogP contribution in [-0.4, -0.2) is 17.3 Å². The zero-order chi connectivity index (χ0) is 7.56. The molecule has 0 heterocycles. The summed E-state index contributed by atoms with van der Waals surface area (Å²) in [5.41, 5.74) is 0. The van der Waals surface area contributed by atoms with Crippen LogP contribution in [0.2, 0.25) is 0 Å². The quantitative estimate of drug-likeness (QED) is 0.323. The van der Waals surface area contributed by atoms with Crippen molar-refractivity contribution in [2.45, 2.75) is 25.3 Å². The summed E-state index contributed by atoms with van der Waals surface area (Å²) < 4.78 is 0. The largest absolute Gasteiger partial charge is 0.303 e. The lowest BCUT2D eigenvalue weighted by Gasteiger charge is -1.97. The van der Waals surface area contributed by atoms with Crippen LogP contribution in [0.5, 0.6) is 0 Å². The van der Waals surface area contributed by atoms with Gasteiger partial charge in [-0.25, -0.2) is 0 Å². The van der Waals surface area contributed by atoms with E-state index in [1.54, 1.807) is 0 Å². The lowest BCUT2D eigenvalue weighted by molar-refractivity contribution is -0.520. The molecule has 1 saturated carbocycles. The Hall–Kier alpha value is -0.930. The topological polar surface area (TPSA) is 60.2 Å². The summed E-state index contributed by atoms with van der Waals surface area (Å²) in [5.74, 6) is -0.0598. The van der Waals surface area contributed by atoms with Crippen LogP contribution >= 0.6 is 0 Å². The monoisotopic (exact) mass is 143 g/mol. The maximum absolute atomic E-state index is 10.2. The Morgan fingerprint density at radius 2 is 2.20 bits per heavy atom. The SMILES string of the molecule is O=C[C@@H]1CC[C@@H]([N+](=O)[O-])C1. The molecular formula is C6H9NO3. The predicted octanol–water partition coefficient (Wildman–Crippen LogP) is 0.631. The number of hydrogen-bond donors (Lipinski definition) is 0. The van der Waals surface area contributed by atoms with E-state index < -0.39 is 6.04 Å². The van der Waals surface area contributed by atoms with E-state index in [0.717, 1.165) is 6.29 Å². The standard InChI is InChI=1S/C6H9NO3/c8-4-5-1-2-6(3-5)7(9)10/h4-6H,1-3H2/t5-,6-/m1/s1. The molecule has 0 saturated heterocycles. The third kappa shape index (κ3) is 1.32. The van der Waals surface area contributed by atoms with E-state index in [1.165, 1.54) is 0 Å². The van der Waals surface area contributed by atoms with Crippen LogP contribution in [0.3, 0.4) is 0 Å². The number of carbonyl (C=O) groups is 1. The van der Waals surface area contributed by atoms with E-state index in [4.69, 9.17) is 0 Å². The van der Waals surface area contributed by atoms with Gasteiger partial charge in [-0.05, 0) is 6.42 Å². The molecule has 2 atom stereocenters. The molecule has 0 N–H and O–H groups in total. The Morgan fingerprint density at radius 3 is 2.50 bits per heavy atom. The van der Waals surface area contributed by atoms with E-state index in [9.17, 15) is 14.9 Å². The lowest BCUT2D eigenvalue weighted by atomic mass is 10.1. The number of aldehydes is 1. The van der Waals surface area contributed by atoms with Gasteiger partial charge >= 0.3 is 0 Å². The molecular weight excluding hydrogens is 134 g/mol. The van der Waals surface area contributed by atoms with Crippen LogP contribution in [0.15, 0.2) is 0 Å². The molecule has 1 fully saturated rings. The van der Waals surface area contributed by atoms with Gasteiger partial charge in [-0.15, -0.1) is 0 Å². The smallest absolute Gasteiger partial charge is 0.213 e. The highest BCUT2D eigenvalue weighted by molar-refractivity contribution is 5.54. The molecule has 56 valence electrons. The van der Waals surface area contributed by atoms with Gasteiger partial charge in [-0.2, -0.15) is 0 Å². The number of carbonyl (C=O) groups excluding carboxylic acids is 1. The summed E-state index contributed by atoms with van der Waals surface area (Å²) in [6.45, 7) is 0. The summed E-state index contributed by atoms with van der Waals surface area (Å²) in [7, 11) is 0. The van der Waals surface area contributed by atoms with Gasteiger partial charge in [0, 0.05) is 23.7 Å². The number of nitro groups is 1. The Kier molecular flexibility index (Phi) is 1.99. The van der Waals surface area contributed by atoms with E-state index in [1.807, 2.05) is 0 Å². The van der Waals surface area contributed by atoms with Crippen LogP contribution in [0, 0.1) is 16.0 Å². The molecule has 1 aliphatic rings. The average Bonchev–Trinajstić information content (AvgIpc) is 2.34. The highest BCUT2D eigenvalue weighted by Crippen LogP contribution is 2.25. The van der Waals surface area contributed by atoms with E-state index >= 15 is 0 Å². The lowest BCUT2D eigenvalue weighted by Crippen LogP contribution is -2.15. The van der Waals surface area contributed by atoms with Gasteiger partial charge in [0.1, 0.15) is 6.29 Å². The maximum Gasteiger partial charge on any atom is 0.213 e. The molecule has 0 aliphatic heterocycles. The molecule has 0 amide bonds. The minimum Gasteiger partial charge on any atom is -0.303 e. The number of rotatable bonds is 2. The van der Waals surface area contributed by atoms with E-state index in [0.29, 0.717) is 19.3 Å². The second-order valence-corrected chi connectivity index (χ2v) is 2.65. The van der Waals surface area contributed by atoms with Crippen LogP contribution in [-0.2, 0) is 4.79 Å². The van der Waals surface area contributed by atoms with Crippen molar-refractivity contribution in [2.75, 3.05) is 0 Å². The first-order valence-electron chi connectivity index (χ1n) is 3.33. The molecule has 0 bridgehead atoms. The van der Waals surface area contributed by atoms with Crippen LogP contribution in [0.25, 0.3) is 0 Å². The van der Waals surface area contributed by atoms with Gasteiger partial charge in [0.2, 0.25) is 6.04 Å². The summed E-state index contributed by atoms with van der Waals surface area (Å²) in [5, 5.41) is 10.2. The van der Waals surface area contributed by atoms with Crippen molar-refractivity contribution in [2.24, 2.45) is 5.92 Å². The molecule has 1 rings (SSSR count). The first kappa shape index (κ1) is 7.18. The third-order valence-corrected chi connectivity index (χ3v) is 1.94. The fraction of sp³-hybridized carbons (Fsp3) is 0.833. The van der Waals surface area contributed by atoms with Crippen molar-refractivity contribution in [1.29, 1.82) is 0 Å². The predicted molar refractivity (Wildman–Crippen MR) is 34.2 cm³/mol. The molecule has 10 heavy (non-hydrogen) atoms. The van der Waals surface area contributed by atoms with Crippen LogP contribution in [0.4, 0.5) is 0 Å². The van der Waals surface area contributed by atoms with Crippen LogP contribution < -0.4 is 0 Å². The van der Waals surface area contributed by atoms with Gasteiger partial charge < -0.3 is 4.79 Å². The fourth-order valence-electron chi connectivity index (χ4n) is 1.31. The zero-order valence-corrected chi connectivity index (χ0v) is 5.53. The molecule has 1 aliphatic carbocycles. The molecule has 4 heteroatoms. The Labute approximate surface area is 58.4 Å². The molecule has 0 spiro atoms. The van der Waals surface area contributed by atoms with E-state index in [2.05, 4.69) is 0 Å². The summed E-state index contributed by atoms with van der Waals surface area (Å²) >= 11 is 0. The molecule has 0 radical (unpaired) electrons. The Morgan fingerprint density at radius 1 is 1.50 bits per heavy atom. The second-order valence-electron chi connectivity index (χ2n) is 2.65. The highest BCUT2D eigenvalue weighted by atomic mass is 16.6. The Balaban J connectivity index is 2.42. The second kappa shape index (κ2) is 2.77. The van der Waals surface area contributed by atoms with Crippen molar-refractivity contribution < 1.29 is 9.72 Å². The van der Waals surface area contributed by atoms with Crippen molar-refractivity contribution in [3.05, 3.63) is 10.1 Å². The first-order chi connectivity index (χ1) is 4.74. The van der Waals surface area contributed by atoms with Gasteiger partial charge in [0.25, 0.3) is 0 Å². The summed E-state index contributed by atoms with van der Waals surface area (Å²) in [6.07, 6.45) is 2.52. The van der Waals surface area contributed by atoms with Gasteiger partial charge in [0.15, 0.2) is 0 Å². The Bertz CT molecular complexity index is 157. The third-order valence-electron chi connectivity index (χ3n) is 1.94. The summed E-state index contributed by atoms with van der Waals surface area (Å²) in [6, 6.07) is -0.463. The number of nitrogens with zero attached hydrogens (tertiary/aromatic N) is 1. The minimum atomic E-state index is -0.463. The van der Waals surface area contributed by atoms with Gasteiger partial charge in [-0.1, -0.05) is 0 Å². The van der Waals surface area contributed by atoms with Gasteiger partial charge in [0.05, 0.1) is 0 Å². The fourth-order valence-corrected chi connectivity index (χ4v) is 1.31. The molecule has 4 nitrogen and oxygen atoms in total. The van der Waals surface area contributed by atoms with E-state index in [-0.39, 0.29) is 10.8 Å². The summed E-state index contributed by atoms with van der Waals surface area (Å²) in [4.78, 5) is 20.0. The maximum atomic E-state index is 10.2. The highest BCUT2D eigenvalue weighted by Gasteiger charge is 2.31. The van der Waals surface area contributed by atoms with Gasteiger partial charge in [-0.3, -0.25) is 10.1 Å². The van der Waals surface area contributed by atoms with Crippen LogP contribution in [0.1, 0.15) is 19.3 Å². The normalized spacial score (nSPS) is 32.0. The van der Waals surface area contributed by atoms with Crippen molar-refractivity contribution in [1.82, 2.24) is 0 Å². The molecule has 0 aromatic rings. The van der Waals surface area contributed by atoms with Crippen molar-refractivity contribution in [3.8, 4) is 0 Å². The first-order valence-corrected chi connectivity index (χ1v) is 3.33. The number of hydrogen-bond acceptors (Lipinski definition) is 3. The van der Waals surface area contributed by atoms with Crippen molar-refractivity contribution in [3.63, 3.8) is 0 Å². The van der Waals surface area contributed by atoms with Crippen molar-refractivity contribution >= 4 is 6.29 Å². The molecule has 0 unspecified atom stereocenters. The average molecular weight is 143 g/mol. The zero-order valence-electron chi connectivity index (χ0n) is 5.53. The minimum absolute atomic E-state index is 0.0598.